The zero-order valence-corrected chi connectivity index (χ0v) is 11.5. The van der Waals surface area contributed by atoms with E-state index < -0.39 is 0 Å². The fourth-order valence-corrected chi connectivity index (χ4v) is 2.93. The van der Waals surface area contributed by atoms with E-state index in [0.29, 0.717) is 12.0 Å². The van der Waals surface area contributed by atoms with E-state index >= 15 is 0 Å². The Hall–Kier alpha value is -1.32. The maximum Gasteiger partial charge on any atom is 0.109 e. The predicted molar refractivity (Wildman–Crippen MR) is 78.2 cm³/mol. The van der Waals surface area contributed by atoms with E-state index in [4.69, 9.17) is 17.3 Å². The molecule has 0 atom stereocenters. The Morgan fingerprint density at radius 2 is 2.00 bits per heavy atom. The molecular formula is C15H18ClN3. The lowest BCUT2D eigenvalue weighted by Crippen LogP contribution is -2.26. The first-order valence-corrected chi connectivity index (χ1v) is 7.16. The molecule has 1 aromatic heterocycles. The summed E-state index contributed by atoms with van der Waals surface area (Å²) in [7, 11) is 0. The van der Waals surface area contributed by atoms with Gasteiger partial charge in [0.1, 0.15) is 5.82 Å². The summed E-state index contributed by atoms with van der Waals surface area (Å²) in [6, 6.07) is 8.21. The minimum atomic E-state index is 0.374. The molecule has 0 radical (unpaired) electrons. The highest BCUT2D eigenvalue weighted by atomic mass is 35.5. The minimum Gasteiger partial charge on any atom is -0.342 e. The van der Waals surface area contributed by atoms with E-state index in [0.717, 1.165) is 47.8 Å². The number of halogens is 1. The van der Waals surface area contributed by atoms with Crippen LogP contribution in [0.25, 0.3) is 11.3 Å². The Bertz CT molecular complexity index is 556. The standard InChI is InChI=1S/C15H18ClN3/c16-12-3-1-2-11(8-12)14-9-18-15(19-14)10-4-6-13(17)7-5-10/h1-3,8-10,13H,4-7,17H2,(H,18,19). The number of aromatic amines is 1. The van der Waals surface area contributed by atoms with E-state index in [1.54, 1.807) is 0 Å². The van der Waals surface area contributed by atoms with Crippen LogP contribution in [-0.4, -0.2) is 16.0 Å². The number of aromatic nitrogens is 2. The van der Waals surface area contributed by atoms with Gasteiger partial charge in [-0.15, -0.1) is 0 Å². The Balaban J connectivity index is 1.80. The summed E-state index contributed by atoms with van der Waals surface area (Å²) in [6.45, 7) is 0. The van der Waals surface area contributed by atoms with Gasteiger partial charge < -0.3 is 10.7 Å². The van der Waals surface area contributed by atoms with Crippen molar-refractivity contribution < 1.29 is 0 Å². The maximum absolute atomic E-state index is 6.02. The van der Waals surface area contributed by atoms with Gasteiger partial charge in [0.15, 0.2) is 0 Å². The fourth-order valence-electron chi connectivity index (χ4n) is 2.74. The maximum atomic E-state index is 6.02. The molecule has 1 heterocycles. The first-order valence-electron chi connectivity index (χ1n) is 6.79. The second kappa shape index (κ2) is 5.35. The molecule has 2 aromatic rings. The van der Waals surface area contributed by atoms with E-state index in [1.165, 1.54) is 0 Å². The normalized spacial score (nSPS) is 23.5. The molecule has 100 valence electrons. The molecule has 3 nitrogen and oxygen atoms in total. The van der Waals surface area contributed by atoms with Crippen molar-refractivity contribution in [2.45, 2.75) is 37.6 Å². The Kier molecular flexibility index (Phi) is 3.58. The molecule has 4 heteroatoms. The number of nitrogens with two attached hydrogens (primary N) is 1. The van der Waals surface area contributed by atoms with Crippen LogP contribution in [0.3, 0.4) is 0 Å². The number of nitrogens with one attached hydrogen (secondary N) is 1. The van der Waals surface area contributed by atoms with Crippen molar-refractivity contribution in [2.75, 3.05) is 0 Å². The van der Waals surface area contributed by atoms with Crippen LogP contribution in [0.1, 0.15) is 37.4 Å². The molecule has 1 aliphatic carbocycles. The number of nitrogens with zero attached hydrogens (tertiary/aromatic N) is 1. The summed E-state index contributed by atoms with van der Waals surface area (Å²) in [5.41, 5.74) is 8.06. The number of imidazole rings is 1. The summed E-state index contributed by atoms with van der Waals surface area (Å²) in [5.74, 6) is 1.61. The molecule has 19 heavy (non-hydrogen) atoms. The molecule has 0 saturated heterocycles. The second-order valence-electron chi connectivity index (χ2n) is 5.30. The quantitative estimate of drug-likeness (QED) is 0.878. The average molecular weight is 276 g/mol. The molecule has 1 aromatic carbocycles. The first-order chi connectivity index (χ1) is 9.22. The predicted octanol–water partition coefficient (Wildman–Crippen LogP) is 3.72. The van der Waals surface area contributed by atoms with Crippen LogP contribution in [0, 0.1) is 0 Å². The van der Waals surface area contributed by atoms with Crippen LogP contribution in [-0.2, 0) is 0 Å². The van der Waals surface area contributed by atoms with Crippen molar-refractivity contribution in [1.29, 1.82) is 0 Å². The van der Waals surface area contributed by atoms with Crippen LogP contribution in [0.4, 0.5) is 0 Å². The van der Waals surface area contributed by atoms with Crippen LogP contribution in [0.2, 0.25) is 5.02 Å². The summed E-state index contributed by atoms with van der Waals surface area (Å²) in [6.07, 6.45) is 6.35. The zero-order valence-electron chi connectivity index (χ0n) is 10.8. The van der Waals surface area contributed by atoms with Crippen molar-refractivity contribution in [2.24, 2.45) is 5.73 Å². The SMILES string of the molecule is NC1CCC(c2ncc(-c3cccc(Cl)c3)[nH]2)CC1. The smallest absolute Gasteiger partial charge is 0.109 e. The number of H-pyrrole nitrogens is 1. The van der Waals surface area contributed by atoms with Gasteiger partial charge in [0.25, 0.3) is 0 Å². The van der Waals surface area contributed by atoms with Crippen molar-refractivity contribution in [1.82, 2.24) is 9.97 Å². The van der Waals surface area contributed by atoms with Crippen LogP contribution in [0.5, 0.6) is 0 Å². The van der Waals surface area contributed by atoms with Gasteiger partial charge in [-0.1, -0.05) is 23.7 Å². The zero-order chi connectivity index (χ0) is 13.2. The molecule has 0 aliphatic heterocycles. The Labute approximate surface area is 118 Å². The molecule has 0 amide bonds. The molecule has 0 spiro atoms. The minimum absolute atomic E-state index is 0.374. The van der Waals surface area contributed by atoms with Crippen molar-refractivity contribution in [3.8, 4) is 11.3 Å². The molecule has 1 fully saturated rings. The van der Waals surface area contributed by atoms with Gasteiger partial charge in [-0.2, -0.15) is 0 Å². The lowest BCUT2D eigenvalue weighted by Gasteiger charge is -2.24. The monoisotopic (exact) mass is 275 g/mol. The third-order valence-electron chi connectivity index (χ3n) is 3.89. The molecule has 3 N–H and O–H groups in total. The molecule has 3 rings (SSSR count). The third-order valence-corrected chi connectivity index (χ3v) is 4.12. The van der Waals surface area contributed by atoms with Crippen LogP contribution < -0.4 is 5.73 Å². The van der Waals surface area contributed by atoms with Crippen molar-refractivity contribution in [3.05, 3.63) is 41.3 Å². The van der Waals surface area contributed by atoms with Crippen molar-refractivity contribution in [3.63, 3.8) is 0 Å². The van der Waals surface area contributed by atoms with Gasteiger partial charge in [-0.3, -0.25) is 0 Å². The summed E-state index contributed by atoms with van der Waals surface area (Å²) >= 11 is 6.02. The lowest BCUT2D eigenvalue weighted by molar-refractivity contribution is 0.386. The van der Waals surface area contributed by atoms with Crippen LogP contribution in [0.15, 0.2) is 30.5 Å². The molecule has 1 aliphatic rings. The number of rotatable bonds is 2. The van der Waals surface area contributed by atoms with Crippen molar-refractivity contribution >= 4 is 11.6 Å². The topological polar surface area (TPSA) is 54.7 Å². The second-order valence-corrected chi connectivity index (χ2v) is 5.74. The van der Waals surface area contributed by atoms with Gasteiger partial charge >= 0.3 is 0 Å². The molecular weight excluding hydrogens is 258 g/mol. The van der Waals surface area contributed by atoms with E-state index in [9.17, 15) is 0 Å². The van der Waals surface area contributed by atoms with Crippen LogP contribution >= 0.6 is 11.6 Å². The van der Waals surface area contributed by atoms with Gasteiger partial charge in [0.05, 0.1) is 11.9 Å². The van der Waals surface area contributed by atoms with Gasteiger partial charge in [-0.05, 0) is 37.8 Å². The van der Waals surface area contributed by atoms with Gasteiger partial charge in [0.2, 0.25) is 0 Å². The number of benzene rings is 1. The molecule has 1 saturated carbocycles. The molecule has 0 bridgehead atoms. The van der Waals surface area contributed by atoms with Gasteiger partial charge in [-0.25, -0.2) is 4.98 Å². The highest BCUT2D eigenvalue weighted by Gasteiger charge is 2.22. The average Bonchev–Trinajstić information content (AvgIpc) is 2.89. The first kappa shape index (κ1) is 12.7. The highest BCUT2D eigenvalue weighted by molar-refractivity contribution is 6.30. The van der Waals surface area contributed by atoms with E-state index in [2.05, 4.69) is 9.97 Å². The summed E-state index contributed by atoms with van der Waals surface area (Å²) in [4.78, 5) is 7.96. The Morgan fingerprint density at radius 1 is 1.21 bits per heavy atom. The van der Waals surface area contributed by atoms with E-state index in [-0.39, 0.29) is 0 Å². The largest absolute Gasteiger partial charge is 0.342 e. The molecule has 0 unspecified atom stereocenters. The summed E-state index contributed by atoms with van der Waals surface area (Å²) in [5, 5.41) is 0.747. The number of hydrogen-bond donors (Lipinski definition) is 2. The van der Waals surface area contributed by atoms with E-state index in [1.807, 2.05) is 30.5 Å². The number of hydrogen-bond acceptors (Lipinski definition) is 2. The van der Waals surface area contributed by atoms with Gasteiger partial charge in [0, 0.05) is 22.5 Å². The summed E-state index contributed by atoms with van der Waals surface area (Å²) < 4.78 is 0. The lowest BCUT2D eigenvalue weighted by atomic mass is 9.86. The fraction of sp³-hybridized carbons (Fsp3) is 0.400. The third kappa shape index (κ3) is 2.82. The highest BCUT2D eigenvalue weighted by Crippen LogP contribution is 2.31. The Morgan fingerprint density at radius 3 is 2.74 bits per heavy atom.